The van der Waals surface area contributed by atoms with Crippen molar-refractivity contribution >= 4 is 117 Å². The molecule has 0 aromatic heterocycles. The van der Waals surface area contributed by atoms with E-state index in [0.717, 1.165) is 0 Å². The third-order valence-electron chi connectivity index (χ3n) is 4.35. The number of fused-ring (bicyclic) bond motifs is 5. The first-order valence-electron chi connectivity index (χ1n) is 5.28. The van der Waals surface area contributed by atoms with Crippen molar-refractivity contribution in [3.05, 3.63) is 10.1 Å². The summed E-state index contributed by atoms with van der Waals surface area (Å²) >= 11 is 50.1. The third-order valence-corrected chi connectivity index (χ3v) is 13.5. The van der Waals surface area contributed by atoms with E-state index in [4.69, 9.17) is 69.6 Å². The molecule has 0 aromatic carbocycles. The van der Waals surface area contributed by atoms with Crippen molar-refractivity contribution in [1.82, 2.24) is 0 Å². The first-order chi connectivity index (χ1) is 8.54. The van der Waals surface area contributed by atoms with Crippen molar-refractivity contribution in [2.75, 3.05) is 0 Å². The fraction of sp³-hybridized carbons (Fsp3) is 0.800. The molecule has 0 aromatic rings. The van der Waals surface area contributed by atoms with Gasteiger partial charge in [0.25, 0.3) is 0 Å². The minimum atomic E-state index is -1.46. The molecule has 9 heteroatoms. The van der Waals surface area contributed by atoms with Crippen molar-refractivity contribution in [1.29, 1.82) is 0 Å². The van der Waals surface area contributed by atoms with E-state index in [-0.39, 0.29) is 36.4 Å². The number of allylic oxidation sites excluding steroid dienone is 2. The minimum Gasteiger partial charge on any atom is -0.109 e. The van der Waals surface area contributed by atoms with E-state index in [1.165, 1.54) is 0 Å². The Morgan fingerprint density at radius 1 is 0.684 bits per heavy atom. The van der Waals surface area contributed by atoms with Crippen LogP contribution >= 0.6 is 117 Å². The highest BCUT2D eigenvalue weighted by Gasteiger charge is 2.85. The molecule has 3 aliphatic carbocycles. The van der Waals surface area contributed by atoms with Gasteiger partial charge in [0.15, 0.2) is 4.33 Å². The van der Waals surface area contributed by atoms with Crippen LogP contribution in [0.25, 0.3) is 0 Å². The van der Waals surface area contributed by atoms with Gasteiger partial charge in [0.1, 0.15) is 9.75 Å². The largest absolute Gasteiger partial charge is 0.166 e. The van der Waals surface area contributed by atoms with Crippen molar-refractivity contribution in [3.63, 3.8) is 0 Å². The topological polar surface area (TPSA) is 0 Å². The number of rotatable bonds is 0. The Morgan fingerprint density at radius 3 is 1.32 bits per heavy atom. The summed E-state index contributed by atoms with van der Waals surface area (Å²) in [6.45, 7) is 0. The predicted molar refractivity (Wildman–Crippen MR) is 95.5 cm³/mol. The SMILES string of the molecule is ClC1=C(Cl)C2(Cl)C3C(Br)C(Br)C(Br)C3C1(Cl)C2(Cl)Cl. The molecule has 6 atom stereocenters. The highest BCUT2D eigenvalue weighted by Crippen LogP contribution is 2.80. The van der Waals surface area contributed by atoms with E-state index >= 15 is 0 Å². The molecule has 3 aliphatic rings. The second kappa shape index (κ2) is 4.72. The van der Waals surface area contributed by atoms with Gasteiger partial charge in [-0.15, -0.1) is 23.2 Å². The molecule has 2 fully saturated rings. The Balaban J connectivity index is 2.29. The molecule has 0 amide bonds. The van der Waals surface area contributed by atoms with Crippen molar-refractivity contribution < 1.29 is 0 Å². The van der Waals surface area contributed by atoms with Crippen LogP contribution in [0, 0.1) is 11.8 Å². The van der Waals surface area contributed by atoms with E-state index in [1.54, 1.807) is 0 Å². The molecule has 2 bridgehead atoms. The van der Waals surface area contributed by atoms with Crippen LogP contribution < -0.4 is 0 Å². The van der Waals surface area contributed by atoms with E-state index in [2.05, 4.69) is 47.8 Å². The lowest BCUT2D eigenvalue weighted by Crippen LogP contribution is -2.48. The Bertz CT molecular complexity index is 456. The lowest BCUT2D eigenvalue weighted by Gasteiger charge is -2.36. The molecule has 19 heavy (non-hydrogen) atoms. The Hall–Kier alpha value is 2.92. The Morgan fingerprint density at radius 2 is 1.00 bits per heavy atom. The minimum absolute atomic E-state index is 0.0235. The van der Waals surface area contributed by atoms with E-state index in [0.29, 0.717) is 0 Å². The molecule has 0 spiro atoms. The van der Waals surface area contributed by atoms with Gasteiger partial charge in [0.05, 0.1) is 10.1 Å². The zero-order valence-corrected chi connectivity index (χ0v) is 18.1. The average Bonchev–Trinajstić information content (AvgIpc) is 2.69. The lowest BCUT2D eigenvalue weighted by atomic mass is 9.85. The molecule has 0 heterocycles. The second-order valence-corrected chi connectivity index (χ2v) is 11.5. The van der Waals surface area contributed by atoms with Gasteiger partial charge in [0.2, 0.25) is 0 Å². The van der Waals surface area contributed by atoms with Crippen LogP contribution in [-0.4, -0.2) is 28.6 Å². The van der Waals surface area contributed by atoms with E-state index in [1.807, 2.05) is 0 Å². The molecule has 0 saturated heterocycles. The summed E-state index contributed by atoms with van der Waals surface area (Å²) < 4.78 is -1.46. The van der Waals surface area contributed by atoms with Gasteiger partial charge in [-0.2, -0.15) is 0 Å². The molecule has 3 rings (SSSR count). The first kappa shape index (κ1) is 16.8. The highest BCUT2D eigenvalue weighted by molar-refractivity contribution is 9.13. The molecule has 0 radical (unpaired) electrons. The van der Waals surface area contributed by atoms with Crippen LogP contribution in [0.1, 0.15) is 0 Å². The molecule has 6 unspecified atom stereocenters. The summed E-state index contributed by atoms with van der Waals surface area (Å²) in [5.41, 5.74) is 0. The summed E-state index contributed by atoms with van der Waals surface area (Å²) in [5.74, 6) is -0.268. The molecular weight excluding hydrogens is 573 g/mol. The van der Waals surface area contributed by atoms with Gasteiger partial charge in [0, 0.05) is 26.3 Å². The summed E-state index contributed by atoms with van der Waals surface area (Å²) in [4.78, 5) is -2.21. The fourth-order valence-electron chi connectivity index (χ4n) is 3.47. The monoisotopic (exact) mass is 572 g/mol. The van der Waals surface area contributed by atoms with Crippen LogP contribution in [-0.2, 0) is 0 Å². The zero-order chi connectivity index (χ0) is 14.5. The molecule has 0 nitrogen and oxygen atoms in total. The van der Waals surface area contributed by atoms with Gasteiger partial charge in [-0.05, 0) is 0 Å². The van der Waals surface area contributed by atoms with E-state index < -0.39 is 14.1 Å². The standard InChI is InChI=1S/C10H5Br3Cl6/c11-3-1-2(4(12)5(3)13)9(17)7(15)6(14)8(1,16)10(9,18)19/h1-5H. The highest BCUT2D eigenvalue weighted by atomic mass is 79.9. The number of alkyl halides is 7. The third kappa shape index (κ3) is 1.58. The van der Waals surface area contributed by atoms with Gasteiger partial charge in [-0.1, -0.05) is 94.2 Å². The molecular formula is C10H5Br3Cl6. The lowest BCUT2D eigenvalue weighted by molar-refractivity contribution is 0.396. The normalized spacial score (nSPS) is 58.9. The zero-order valence-electron chi connectivity index (χ0n) is 8.79. The van der Waals surface area contributed by atoms with Crippen molar-refractivity contribution in [3.8, 4) is 0 Å². The van der Waals surface area contributed by atoms with Gasteiger partial charge >= 0.3 is 0 Å². The summed E-state index contributed by atoms with van der Waals surface area (Å²) in [5, 5.41) is 0.505. The number of halogens is 9. The van der Waals surface area contributed by atoms with Crippen molar-refractivity contribution in [2.45, 2.75) is 28.6 Å². The van der Waals surface area contributed by atoms with Crippen LogP contribution in [0.2, 0.25) is 0 Å². The van der Waals surface area contributed by atoms with Crippen LogP contribution in [0.4, 0.5) is 0 Å². The Kier molecular flexibility index (Phi) is 4.17. The van der Waals surface area contributed by atoms with Crippen LogP contribution in [0.5, 0.6) is 0 Å². The van der Waals surface area contributed by atoms with Gasteiger partial charge < -0.3 is 0 Å². The summed E-state index contributed by atoms with van der Waals surface area (Å²) in [6, 6.07) is 0. The van der Waals surface area contributed by atoms with Crippen LogP contribution in [0.15, 0.2) is 10.1 Å². The molecule has 0 aliphatic heterocycles. The van der Waals surface area contributed by atoms with Crippen LogP contribution in [0.3, 0.4) is 0 Å². The molecule has 108 valence electrons. The first-order valence-corrected chi connectivity index (χ1v) is 10.3. The average molecular weight is 578 g/mol. The Labute approximate surface area is 166 Å². The van der Waals surface area contributed by atoms with Gasteiger partial charge in [-0.3, -0.25) is 0 Å². The smallest absolute Gasteiger partial charge is 0.109 e. The maximum atomic E-state index is 6.76. The number of hydrogen-bond donors (Lipinski definition) is 0. The summed E-state index contributed by atoms with van der Waals surface area (Å²) in [6.07, 6.45) is 0. The fourth-order valence-corrected chi connectivity index (χ4v) is 10.0. The second-order valence-electron chi connectivity index (χ2n) is 5.01. The maximum absolute atomic E-state index is 6.76. The molecule has 2 saturated carbocycles. The maximum Gasteiger partial charge on any atom is 0.166 e. The number of hydrogen-bond acceptors (Lipinski definition) is 0. The summed E-state index contributed by atoms with van der Waals surface area (Å²) in [7, 11) is 0. The molecule has 0 N–H and O–H groups in total. The van der Waals surface area contributed by atoms with Crippen molar-refractivity contribution in [2.24, 2.45) is 11.8 Å². The van der Waals surface area contributed by atoms with Gasteiger partial charge in [-0.25, -0.2) is 0 Å². The predicted octanol–water partition coefficient (Wildman–Crippen LogP) is 6.37. The quantitative estimate of drug-likeness (QED) is 0.294. The van der Waals surface area contributed by atoms with E-state index in [9.17, 15) is 0 Å².